The Bertz CT molecular complexity index is 616. The van der Waals surface area contributed by atoms with Gasteiger partial charge in [0.15, 0.2) is 11.6 Å². The fourth-order valence-corrected chi connectivity index (χ4v) is 1.71. The summed E-state index contributed by atoms with van der Waals surface area (Å²) in [5.41, 5.74) is 0.157. The number of anilines is 1. The van der Waals surface area contributed by atoms with Gasteiger partial charge in [0.1, 0.15) is 11.6 Å². The first-order valence-electron chi connectivity index (χ1n) is 5.29. The first-order valence-corrected chi connectivity index (χ1v) is 5.67. The highest BCUT2D eigenvalue weighted by Crippen LogP contribution is 2.22. The molecular weight excluding hydrogens is 282 g/mol. The molecule has 0 aliphatic carbocycles. The summed E-state index contributed by atoms with van der Waals surface area (Å²) in [6, 6.07) is 4.84. The van der Waals surface area contributed by atoms with Crippen LogP contribution in [0.5, 0.6) is 0 Å². The van der Waals surface area contributed by atoms with Gasteiger partial charge in [0.25, 0.3) is 0 Å². The second-order valence-electron chi connectivity index (χ2n) is 3.84. The number of rotatable bonds is 3. The summed E-state index contributed by atoms with van der Waals surface area (Å²) in [7, 11) is 0. The Balaban J connectivity index is 2.19. The van der Waals surface area contributed by atoms with Crippen molar-refractivity contribution < 1.29 is 17.6 Å². The molecule has 19 heavy (non-hydrogen) atoms. The monoisotopic (exact) mass is 289 g/mol. The first kappa shape index (κ1) is 13.7. The topological polar surface area (TPSA) is 12.0 Å². The average Bonchev–Trinajstić information content (AvgIpc) is 2.36. The summed E-state index contributed by atoms with van der Waals surface area (Å²) >= 11 is 5.82. The van der Waals surface area contributed by atoms with Crippen LogP contribution in [-0.2, 0) is 6.54 Å². The number of halogens is 5. The highest BCUT2D eigenvalue weighted by atomic mass is 35.5. The molecule has 0 saturated heterocycles. The molecule has 0 aliphatic rings. The van der Waals surface area contributed by atoms with Gasteiger partial charge in [0.05, 0.1) is 5.69 Å². The zero-order valence-corrected chi connectivity index (χ0v) is 10.2. The van der Waals surface area contributed by atoms with E-state index in [1.165, 1.54) is 18.2 Å². The molecule has 2 aromatic carbocycles. The Labute approximate surface area is 111 Å². The maximum Gasteiger partial charge on any atom is 0.161 e. The first-order chi connectivity index (χ1) is 8.97. The largest absolute Gasteiger partial charge is 0.378 e. The minimum atomic E-state index is -1.27. The van der Waals surface area contributed by atoms with Gasteiger partial charge in [-0.25, -0.2) is 17.6 Å². The van der Waals surface area contributed by atoms with E-state index >= 15 is 0 Å². The smallest absolute Gasteiger partial charge is 0.161 e. The Kier molecular flexibility index (Phi) is 3.95. The van der Waals surface area contributed by atoms with E-state index in [1.807, 2.05) is 0 Å². The minimum Gasteiger partial charge on any atom is -0.378 e. The van der Waals surface area contributed by atoms with Crippen molar-refractivity contribution in [3.63, 3.8) is 0 Å². The molecule has 0 spiro atoms. The molecule has 6 heteroatoms. The van der Waals surface area contributed by atoms with Crippen molar-refractivity contribution in [2.24, 2.45) is 0 Å². The Morgan fingerprint density at radius 2 is 1.58 bits per heavy atom. The summed E-state index contributed by atoms with van der Waals surface area (Å²) in [6.45, 7) is -0.0153. The van der Waals surface area contributed by atoms with Crippen LogP contribution in [-0.4, -0.2) is 0 Å². The highest BCUT2D eigenvalue weighted by Gasteiger charge is 2.10. The molecule has 0 aliphatic heterocycles. The average molecular weight is 290 g/mol. The molecule has 0 bridgehead atoms. The zero-order chi connectivity index (χ0) is 14.0. The number of nitrogens with one attached hydrogen (secondary N) is 1. The SMILES string of the molecule is Fc1ccc(Cl)c(CNc2cc(F)c(F)cc2F)c1. The Morgan fingerprint density at radius 3 is 2.32 bits per heavy atom. The summed E-state index contributed by atoms with van der Waals surface area (Å²) in [5, 5.41) is 2.82. The molecule has 0 unspecified atom stereocenters. The van der Waals surface area contributed by atoms with Crippen molar-refractivity contribution in [3.8, 4) is 0 Å². The van der Waals surface area contributed by atoms with Crippen LogP contribution in [0.3, 0.4) is 0 Å². The van der Waals surface area contributed by atoms with E-state index < -0.39 is 23.3 Å². The molecule has 0 heterocycles. The van der Waals surface area contributed by atoms with Gasteiger partial charge in [0.2, 0.25) is 0 Å². The minimum absolute atomic E-state index is 0.0153. The van der Waals surface area contributed by atoms with E-state index in [-0.39, 0.29) is 17.3 Å². The summed E-state index contributed by atoms with van der Waals surface area (Å²) in [6.07, 6.45) is 0. The standard InChI is InChI=1S/C13H8ClF4N/c14-9-2-1-8(15)3-7(9)6-19-13-5-11(17)10(16)4-12(13)18/h1-5,19H,6H2. The van der Waals surface area contributed by atoms with Crippen LogP contribution < -0.4 is 5.32 Å². The molecule has 0 aromatic heterocycles. The van der Waals surface area contributed by atoms with Crippen molar-refractivity contribution in [1.82, 2.24) is 0 Å². The quantitative estimate of drug-likeness (QED) is 0.647. The van der Waals surface area contributed by atoms with Crippen LogP contribution in [0, 0.1) is 23.3 Å². The van der Waals surface area contributed by atoms with Crippen LogP contribution in [0.15, 0.2) is 30.3 Å². The van der Waals surface area contributed by atoms with E-state index in [0.29, 0.717) is 17.7 Å². The van der Waals surface area contributed by atoms with Crippen molar-refractivity contribution in [2.45, 2.75) is 6.54 Å². The number of hydrogen-bond acceptors (Lipinski definition) is 1. The normalized spacial score (nSPS) is 10.6. The van der Waals surface area contributed by atoms with Gasteiger partial charge < -0.3 is 5.32 Å². The molecule has 1 N–H and O–H groups in total. The van der Waals surface area contributed by atoms with E-state index in [9.17, 15) is 17.6 Å². The molecule has 0 radical (unpaired) electrons. The maximum atomic E-state index is 13.3. The van der Waals surface area contributed by atoms with Crippen LogP contribution in [0.1, 0.15) is 5.56 Å². The van der Waals surface area contributed by atoms with Gasteiger partial charge in [0, 0.05) is 23.7 Å². The van der Waals surface area contributed by atoms with Gasteiger partial charge in [-0.3, -0.25) is 0 Å². The van der Waals surface area contributed by atoms with E-state index in [0.717, 1.165) is 0 Å². The van der Waals surface area contributed by atoms with E-state index in [4.69, 9.17) is 11.6 Å². The molecule has 100 valence electrons. The predicted octanol–water partition coefficient (Wildman–Crippen LogP) is 4.51. The lowest BCUT2D eigenvalue weighted by atomic mass is 10.2. The van der Waals surface area contributed by atoms with Crippen molar-refractivity contribution >= 4 is 17.3 Å². The molecule has 0 atom stereocenters. The number of hydrogen-bond donors (Lipinski definition) is 1. The zero-order valence-electron chi connectivity index (χ0n) is 9.48. The lowest BCUT2D eigenvalue weighted by Gasteiger charge is -2.09. The second kappa shape index (κ2) is 5.48. The molecule has 2 rings (SSSR count). The molecule has 0 saturated carbocycles. The Hall–Kier alpha value is -1.75. The van der Waals surface area contributed by atoms with Crippen molar-refractivity contribution in [1.29, 1.82) is 0 Å². The van der Waals surface area contributed by atoms with Gasteiger partial charge in [-0.2, -0.15) is 0 Å². The summed E-state index contributed by atoms with van der Waals surface area (Å²) < 4.78 is 52.0. The Morgan fingerprint density at radius 1 is 0.895 bits per heavy atom. The maximum absolute atomic E-state index is 13.3. The van der Waals surface area contributed by atoms with Crippen molar-refractivity contribution in [2.75, 3.05) is 5.32 Å². The fraction of sp³-hybridized carbons (Fsp3) is 0.0769. The van der Waals surface area contributed by atoms with Gasteiger partial charge in [-0.05, 0) is 23.8 Å². The van der Waals surface area contributed by atoms with E-state index in [1.54, 1.807) is 0 Å². The highest BCUT2D eigenvalue weighted by molar-refractivity contribution is 6.31. The van der Waals surface area contributed by atoms with Gasteiger partial charge in [-0.1, -0.05) is 11.6 Å². The summed E-state index contributed by atoms with van der Waals surface area (Å²) in [5.74, 6) is -3.88. The third-order valence-electron chi connectivity index (χ3n) is 2.49. The molecule has 0 fully saturated rings. The van der Waals surface area contributed by atoms with Crippen LogP contribution in [0.25, 0.3) is 0 Å². The molecule has 1 nitrogen and oxygen atoms in total. The molecule has 0 amide bonds. The van der Waals surface area contributed by atoms with Crippen LogP contribution in [0.2, 0.25) is 5.02 Å². The van der Waals surface area contributed by atoms with Crippen LogP contribution >= 0.6 is 11.6 Å². The second-order valence-corrected chi connectivity index (χ2v) is 4.24. The fourth-order valence-electron chi connectivity index (χ4n) is 1.53. The van der Waals surface area contributed by atoms with Crippen LogP contribution in [0.4, 0.5) is 23.2 Å². The van der Waals surface area contributed by atoms with Gasteiger partial charge >= 0.3 is 0 Å². The molecular formula is C13H8ClF4N. The van der Waals surface area contributed by atoms with Crippen molar-refractivity contribution in [3.05, 3.63) is 64.2 Å². The predicted molar refractivity (Wildman–Crippen MR) is 65.1 cm³/mol. The van der Waals surface area contributed by atoms with Gasteiger partial charge in [-0.15, -0.1) is 0 Å². The lowest BCUT2D eigenvalue weighted by Crippen LogP contribution is -2.04. The number of benzene rings is 2. The third-order valence-corrected chi connectivity index (χ3v) is 2.86. The summed E-state index contributed by atoms with van der Waals surface area (Å²) in [4.78, 5) is 0. The van der Waals surface area contributed by atoms with E-state index in [2.05, 4.69) is 5.32 Å². The molecule has 2 aromatic rings. The lowest BCUT2D eigenvalue weighted by molar-refractivity contribution is 0.496. The third kappa shape index (κ3) is 3.17.